The molecule has 3 nitrogen and oxygen atoms in total. The van der Waals surface area contributed by atoms with E-state index in [-0.39, 0.29) is 0 Å². The van der Waals surface area contributed by atoms with Crippen LogP contribution in [0.1, 0.15) is 30.9 Å². The van der Waals surface area contributed by atoms with E-state index in [0.717, 1.165) is 10.6 Å². The van der Waals surface area contributed by atoms with E-state index in [0.29, 0.717) is 11.7 Å². The number of hydrogen-bond donors (Lipinski definition) is 1. The highest BCUT2D eigenvalue weighted by Gasteiger charge is 2.14. The van der Waals surface area contributed by atoms with Crippen LogP contribution in [0.25, 0.3) is 0 Å². The predicted molar refractivity (Wildman–Crippen MR) is 75.8 cm³/mol. The topological polar surface area (TPSA) is 51.8 Å². The summed E-state index contributed by atoms with van der Waals surface area (Å²) in [5.41, 5.74) is 8.23. The van der Waals surface area contributed by atoms with Gasteiger partial charge in [0.15, 0.2) is 0 Å². The maximum absolute atomic E-state index is 5.95. The molecule has 0 unspecified atom stereocenters. The molecule has 0 radical (unpaired) electrons. The molecule has 1 aromatic heterocycles. The third-order valence-corrected chi connectivity index (χ3v) is 3.95. The summed E-state index contributed by atoms with van der Waals surface area (Å²) >= 11 is 1.65. The van der Waals surface area contributed by atoms with E-state index in [1.807, 2.05) is 12.1 Å². The molecule has 0 atom stereocenters. The second-order valence-corrected chi connectivity index (χ2v) is 5.53. The Morgan fingerprint density at radius 2 is 1.89 bits per heavy atom. The fraction of sp³-hybridized carbons (Fsp3) is 0.286. The van der Waals surface area contributed by atoms with Crippen LogP contribution in [0.2, 0.25) is 0 Å². The zero-order valence-electron chi connectivity index (χ0n) is 10.8. The molecule has 0 bridgehead atoms. The maximum Gasteiger partial charge on any atom is 0.131 e. The summed E-state index contributed by atoms with van der Waals surface area (Å²) in [7, 11) is 0. The van der Waals surface area contributed by atoms with Crippen LogP contribution in [0.3, 0.4) is 0 Å². The van der Waals surface area contributed by atoms with Crippen molar-refractivity contribution in [3.8, 4) is 0 Å². The molecule has 0 saturated carbocycles. The van der Waals surface area contributed by atoms with Gasteiger partial charge >= 0.3 is 0 Å². The van der Waals surface area contributed by atoms with Crippen molar-refractivity contribution in [2.24, 2.45) is 0 Å². The Morgan fingerprint density at radius 1 is 1.17 bits per heavy atom. The summed E-state index contributed by atoms with van der Waals surface area (Å²) in [4.78, 5) is 9.65. The van der Waals surface area contributed by atoms with E-state index in [1.54, 1.807) is 11.8 Å². The van der Waals surface area contributed by atoms with Gasteiger partial charge in [-0.25, -0.2) is 9.97 Å². The summed E-state index contributed by atoms with van der Waals surface area (Å²) in [6.45, 7) is 6.32. The summed E-state index contributed by atoms with van der Waals surface area (Å²) in [6.07, 6.45) is 1.53. The number of aromatic nitrogens is 2. The lowest BCUT2D eigenvalue weighted by atomic mass is 10.1. The molecule has 0 fully saturated rings. The molecular weight excluding hydrogens is 242 g/mol. The Hall–Kier alpha value is -1.55. The number of hydrogen-bond acceptors (Lipinski definition) is 4. The highest BCUT2D eigenvalue weighted by atomic mass is 32.2. The molecule has 94 valence electrons. The summed E-state index contributed by atoms with van der Waals surface area (Å²) in [5, 5.41) is 0.951. The van der Waals surface area contributed by atoms with E-state index in [1.165, 1.54) is 16.8 Å². The first-order valence-corrected chi connectivity index (χ1v) is 6.75. The summed E-state index contributed by atoms with van der Waals surface area (Å²) < 4.78 is 0. The molecule has 0 spiro atoms. The average Bonchev–Trinajstić information content (AvgIpc) is 2.31. The van der Waals surface area contributed by atoms with E-state index in [2.05, 4.69) is 42.9 Å². The van der Waals surface area contributed by atoms with E-state index < -0.39 is 0 Å². The van der Waals surface area contributed by atoms with Crippen molar-refractivity contribution in [2.45, 2.75) is 36.6 Å². The highest BCUT2D eigenvalue weighted by Crippen LogP contribution is 2.35. The summed E-state index contributed by atoms with van der Waals surface area (Å²) in [5.74, 6) is 0.897. The van der Waals surface area contributed by atoms with Crippen molar-refractivity contribution in [1.82, 2.24) is 9.97 Å². The minimum absolute atomic E-state index is 0.317. The lowest BCUT2D eigenvalue weighted by Crippen LogP contribution is -2.03. The quantitative estimate of drug-likeness (QED) is 0.855. The Balaban J connectivity index is 2.41. The molecular formula is C14H17N3S. The monoisotopic (exact) mass is 259 g/mol. The lowest BCUT2D eigenvalue weighted by molar-refractivity contribution is 0.808. The van der Waals surface area contributed by atoms with Crippen molar-refractivity contribution in [1.29, 1.82) is 0 Å². The third kappa shape index (κ3) is 2.64. The second-order valence-electron chi connectivity index (χ2n) is 4.50. The first kappa shape index (κ1) is 12.9. The van der Waals surface area contributed by atoms with Crippen molar-refractivity contribution in [3.63, 3.8) is 0 Å². The maximum atomic E-state index is 5.95. The Labute approximate surface area is 112 Å². The zero-order chi connectivity index (χ0) is 13.1. The van der Waals surface area contributed by atoms with Gasteiger partial charge in [-0.05, 0) is 24.5 Å². The molecule has 1 aromatic carbocycles. The van der Waals surface area contributed by atoms with Crippen LogP contribution in [0.5, 0.6) is 0 Å². The molecule has 2 rings (SSSR count). The van der Waals surface area contributed by atoms with Crippen LogP contribution in [0.15, 0.2) is 40.5 Å². The Morgan fingerprint density at radius 3 is 2.56 bits per heavy atom. The Kier molecular flexibility index (Phi) is 3.87. The number of anilines is 1. The smallest absolute Gasteiger partial charge is 0.131 e. The first-order valence-electron chi connectivity index (χ1n) is 5.93. The molecule has 2 N–H and O–H groups in total. The molecule has 0 aliphatic carbocycles. The third-order valence-electron chi connectivity index (χ3n) is 2.76. The van der Waals surface area contributed by atoms with Crippen LogP contribution in [0, 0.1) is 6.92 Å². The normalized spacial score (nSPS) is 10.9. The molecule has 0 aliphatic rings. The lowest BCUT2D eigenvalue weighted by Gasteiger charge is -2.13. The van der Waals surface area contributed by atoms with Crippen LogP contribution >= 0.6 is 11.8 Å². The van der Waals surface area contributed by atoms with Gasteiger partial charge in [0.05, 0.1) is 0 Å². The van der Waals surface area contributed by atoms with Crippen LogP contribution in [-0.2, 0) is 0 Å². The number of aryl methyl sites for hydroxylation is 1. The summed E-state index contributed by atoms with van der Waals surface area (Å²) in [6, 6.07) is 8.27. The van der Waals surface area contributed by atoms with Gasteiger partial charge < -0.3 is 5.73 Å². The highest BCUT2D eigenvalue weighted by molar-refractivity contribution is 7.99. The minimum Gasteiger partial charge on any atom is -0.383 e. The van der Waals surface area contributed by atoms with Gasteiger partial charge in [0, 0.05) is 10.5 Å². The zero-order valence-corrected chi connectivity index (χ0v) is 11.7. The van der Waals surface area contributed by atoms with Gasteiger partial charge in [-0.1, -0.05) is 43.8 Å². The van der Waals surface area contributed by atoms with E-state index in [4.69, 9.17) is 5.73 Å². The van der Waals surface area contributed by atoms with Gasteiger partial charge in [-0.15, -0.1) is 0 Å². The SMILES string of the molecule is Cc1ccccc1Sc1ncnc(N)c1C(C)C. The first-order chi connectivity index (χ1) is 8.59. The number of nitrogens with zero attached hydrogens (tertiary/aromatic N) is 2. The fourth-order valence-corrected chi connectivity index (χ4v) is 2.93. The molecule has 1 heterocycles. The van der Waals surface area contributed by atoms with Crippen molar-refractivity contribution >= 4 is 17.6 Å². The second kappa shape index (κ2) is 5.40. The molecule has 18 heavy (non-hydrogen) atoms. The van der Waals surface area contributed by atoms with Gasteiger partial charge in [-0.2, -0.15) is 0 Å². The fourth-order valence-electron chi connectivity index (χ4n) is 1.79. The van der Waals surface area contributed by atoms with Gasteiger partial charge in [0.1, 0.15) is 17.2 Å². The number of rotatable bonds is 3. The largest absolute Gasteiger partial charge is 0.383 e. The molecule has 0 aliphatic heterocycles. The number of nitrogen functional groups attached to an aromatic ring is 1. The van der Waals surface area contributed by atoms with Crippen molar-refractivity contribution < 1.29 is 0 Å². The Bertz CT molecular complexity index is 552. The van der Waals surface area contributed by atoms with Gasteiger partial charge in [0.2, 0.25) is 0 Å². The van der Waals surface area contributed by atoms with Crippen molar-refractivity contribution in [3.05, 3.63) is 41.7 Å². The molecule has 2 aromatic rings. The number of benzene rings is 1. The van der Waals surface area contributed by atoms with Crippen LogP contribution in [-0.4, -0.2) is 9.97 Å². The van der Waals surface area contributed by atoms with Crippen LogP contribution in [0.4, 0.5) is 5.82 Å². The van der Waals surface area contributed by atoms with E-state index in [9.17, 15) is 0 Å². The molecule has 0 amide bonds. The van der Waals surface area contributed by atoms with Gasteiger partial charge in [0.25, 0.3) is 0 Å². The minimum atomic E-state index is 0.317. The molecule has 4 heteroatoms. The van der Waals surface area contributed by atoms with E-state index >= 15 is 0 Å². The standard InChI is InChI=1S/C14H17N3S/c1-9(2)12-13(15)16-8-17-14(12)18-11-7-5-4-6-10(11)3/h4-9H,1-3H3,(H2,15,16,17). The predicted octanol–water partition coefficient (Wildman–Crippen LogP) is 3.64. The van der Waals surface area contributed by atoms with Crippen molar-refractivity contribution in [2.75, 3.05) is 5.73 Å². The number of nitrogens with two attached hydrogens (primary N) is 1. The average molecular weight is 259 g/mol. The van der Waals surface area contributed by atoms with Gasteiger partial charge in [-0.3, -0.25) is 0 Å². The van der Waals surface area contributed by atoms with Crippen LogP contribution < -0.4 is 5.73 Å². The molecule has 0 saturated heterocycles.